The number of nitrogens with one attached hydrogen (secondary N) is 1. The molecule has 0 aromatic rings. The van der Waals surface area contributed by atoms with Gasteiger partial charge in [0.15, 0.2) is 0 Å². The van der Waals surface area contributed by atoms with E-state index in [9.17, 15) is 23.1 Å². The molecule has 0 aromatic heterocycles. The minimum atomic E-state index is -4.89. The van der Waals surface area contributed by atoms with Gasteiger partial charge in [-0.05, 0) is 12.8 Å². The van der Waals surface area contributed by atoms with Crippen LogP contribution in [-0.2, 0) is 4.79 Å². The zero-order valence-electron chi connectivity index (χ0n) is 8.06. The third-order valence-corrected chi connectivity index (χ3v) is 1.90. The molecule has 0 aliphatic rings. The first-order chi connectivity index (χ1) is 6.32. The van der Waals surface area contributed by atoms with Gasteiger partial charge in [0.25, 0.3) is 0 Å². The Kier molecular flexibility index (Phi) is 4.90. The maximum absolute atomic E-state index is 11.8. The molecule has 0 spiro atoms. The summed E-state index contributed by atoms with van der Waals surface area (Å²) in [7, 11) is 0. The quantitative estimate of drug-likeness (QED) is 0.737. The van der Waals surface area contributed by atoms with E-state index in [0.29, 0.717) is 6.42 Å². The average molecular weight is 213 g/mol. The number of aliphatic hydroxyl groups is 1. The summed E-state index contributed by atoms with van der Waals surface area (Å²) < 4.78 is 35.5. The molecule has 3 nitrogen and oxygen atoms in total. The normalized spacial score (nSPS) is 16.1. The van der Waals surface area contributed by atoms with Gasteiger partial charge >= 0.3 is 12.1 Å². The molecular weight excluding hydrogens is 199 g/mol. The molecule has 6 heteroatoms. The summed E-state index contributed by atoms with van der Waals surface area (Å²) in [6, 6.07) is -0.839. The summed E-state index contributed by atoms with van der Waals surface area (Å²) in [5.41, 5.74) is 0. The zero-order chi connectivity index (χ0) is 11.4. The Balaban J connectivity index is 4.26. The minimum absolute atomic E-state index is 0.261. The highest BCUT2D eigenvalue weighted by Gasteiger charge is 2.40. The maximum Gasteiger partial charge on any atom is 0.471 e. The molecule has 0 aliphatic carbocycles. The minimum Gasteiger partial charge on any atom is -0.391 e. The molecule has 2 unspecified atom stereocenters. The maximum atomic E-state index is 11.8. The van der Waals surface area contributed by atoms with E-state index < -0.39 is 24.2 Å². The first-order valence-electron chi connectivity index (χ1n) is 4.38. The highest BCUT2D eigenvalue weighted by atomic mass is 19.4. The van der Waals surface area contributed by atoms with Gasteiger partial charge in [-0.25, -0.2) is 0 Å². The molecular formula is C8H14F3NO2. The Hall–Kier alpha value is -0.780. The van der Waals surface area contributed by atoms with Crippen LogP contribution in [0.4, 0.5) is 13.2 Å². The standard InChI is InChI=1S/C8H14F3NO2/c1-3-5(6(13)4-2)12-7(14)8(9,10)11/h5-6,13H,3-4H2,1-2H3,(H,12,14). The van der Waals surface area contributed by atoms with Crippen LogP contribution in [0.2, 0.25) is 0 Å². The number of hydrogen-bond acceptors (Lipinski definition) is 2. The number of amides is 1. The SMILES string of the molecule is CCC(O)C(CC)NC(=O)C(F)(F)F. The summed E-state index contributed by atoms with van der Waals surface area (Å²) in [5.74, 6) is -2.00. The average Bonchev–Trinajstić information content (AvgIpc) is 2.10. The molecule has 2 N–H and O–H groups in total. The smallest absolute Gasteiger partial charge is 0.391 e. The number of halogens is 3. The van der Waals surface area contributed by atoms with E-state index in [1.807, 2.05) is 0 Å². The molecule has 0 bridgehead atoms. The number of rotatable bonds is 4. The van der Waals surface area contributed by atoms with Gasteiger partial charge in [0, 0.05) is 0 Å². The van der Waals surface area contributed by atoms with Crippen molar-refractivity contribution in [3.63, 3.8) is 0 Å². The van der Waals surface area contributed by atoms with E-state index in [1.54, 1.807) is 19.2 Å². The van der Waals surface area contributed by atoms with Crippen LogP contribution >= 0.6 is 0 Å². The van der Waals surface area contributed by atoms with Crippen LogP contribution in [0.15, 0.2) is 0 Å². The van der Waals surface area contributed by atoms with E-state index >= 15 is 0 Å². The fourth-order valence-electron chi connectivity index (χ4n) is 1.01. The lowest BCUT2D eigenvalue weighted by molar-refractivity contribution is -0.175. The topological polar surface area (TPSA) is 49.3 Å². The van der Waals surface area contributed by atoms with Crippen molar-refractivity contribution in [2.75, 3.05) is 0 Å². The van der Waals surface area contributed by atoms with Gasteiger partial charge in [-0.15, -0.1) is 0 Å². The fraction of sp³-hybridized carbons (Fsp3) is 0.875. The lowest BCUT2D eigenvalue weighted by Crippen LogP contribution is -2.48. The third kappa shape index (κ3) is 3.95. The number of hydrogen-bond donors (Lipinski definition) is 2. The fourth-order valence-corrected chi connectivity index (χ4v) is 1.01. The second kappa shape index (κ2) is 5.19. The van der Waals surface area contributed by atoms with E-state index in [-0.39, 0.29) is 6.42 Å². The summed E-state index contributed by atoms with van der Waals surface area (Å²) in [6.45, 7) is 3.23. The van der Waals surface area contributed by atoms with Crippen molar-refractivity contribution in [1.29, 1.82) is 0 Å². The van der Waals surface area contributed by atoms with Gasteiger partial charge in [0.2, 0.25) is 0 Å². The summed E-state index contributed by atoms with van der Waals surface area (Å²) >= 11 is 0. The van der Waals surface area contributed by atoms with Gasteiger partial charge in [-0.1, -0.05) is 13.8 Å². The molecule has 1 amide bonds. The summed E-state index contributed by atoms with van der Waals surface area (Å²) in [6.07, 6.45) is -5.26. The van der Waals surface area contributed by atoms with Gasteiger partial charge in [0.1, 0.15) is 0 Å². The van der Waals surface area contributed by atoms with Crippen molar-refractivity contribution in [1.82, 2.24) is 5.32 Å². The Bertz CT molecular complexity index is 194. The van der Waals surface area contributed by atoms with E-state index in [1.165, 1.54) is 0 Å². The largest absolute Gasteiger partial charge is 0.471 e. The van der Waals surface area contributed by atoms with Crippen LogP contribution in [0.25, 0.3) is 0 Å². The van der Waals surface area contributed by atoms with E-state index in [4.69, 9.17) is 0 Å². The summed E-state index contributed by atoms with van der Waals surface area (Å²) in [5, 5.41) is 11.0. The van der Waals surface area contributed by atoms with E-state index in [0.717, 1.165) is 0 Å². The van der Waals surface area contributed by atoms with Crippen molar-refractivity contribution in [3.8, 4) is 0 Å². The first-order valence-corrected chi connectivity index (χ1v) is 4.38. The molecule has 14 heavy (non-hydrogen) atoms. The molecule has 0 aromatic carbocycles. The first kappa shape index (κ1) is 13.2. The highest BCUT2D eigenvalue weighted by Crippen LogP contribution is 2.15. The molecule has 84 valence electrons. The van der Waals surface area contributed by atoms with Crippen LogP contribution in [0, 0.1) is 0 Å². The number of alkyl halides is 3. The van der Waals surface area contributed by atoms with Crippen molar-refractivity contribution in [3.05, 3.63) is 0 Å². The second-order valence-electron chi connectivity index (χ2n) is 2.96. The van der Waals surface area contributed by atoms with Crippen LogP contribution in [0.5, 0.6) is 0 Å². The highest BCUT2D eigenvalue weighted by molar-refractivity contribution is 5.81. The van der Waals surface area contributed by atoms with Gasteiger partial charge in [-0.2, -0.15) is 13.2 Å². The molecule has 0 heterocycles. The Morgan fingerprint density at radius 1 is 1.36 bits per heavy atom. The molecule has 0 saturated heterocycles. The van der Waals surface area contributed by atoms with E-state index in [2.05, 4.69) is 0 Å². The Morgan fingerprint density at radius 2 is 1.86 bits per heavy atom. The zero-order valence-corrected chi connectivity index (χ0v) is 8.06. The van der Waals surface area contributed by atoms with Crippen LogP contribution < -0.4 is 5.32 Å². The molecule has 0 saturated carbocycles. The molecule has 0 aliphatic heterocycles. The molecule has 0 fully saturated rings. The molecule has 2 atom stereocenters. The van der Waals surface area contributed by atoms with Crippen LogP contribution in [0.3, 0.4) is 0 Å². The lowest BCUT2D eigenvalue weighted by atomic mass is 10.1. The number of carbonyl (C=O) groups excluding carboxylic acids is 1. The van der Waals surface area contributed by atoms with Crippen LogP contribution in [0.1, 0.15) is 26.7 Å². The molecule has 0 radical (unpaired) electrons. The Morgan fingerprint density at radius 3 is 2.14 bits per heavy atom. The predicted octanol–water partition coefficient (Wildman–Crippen LogP) is 1.21. The van der Waals surface area contributed by atoms with Crippen molar-refractivity contribution < 1.29 is 23.1 Å². The molecule has 0 rings (SSSR count). The Labute approximate surface area is 80.3 Å². The van der Waals surface area contributed by atoms with Crippen molar-refractivity contribution >= 4 is 5.91 Å². The monoisotopic (exact) mass is 213 g/mol. The van der Waals surface area contributed by atoms with Crippen molar-refractivity contribution in [2.24, 2.45) is 0 Å². The predicted molar refractivity (Wildman–Crippen MR) is 44.6 cm³/mol. The van der Waals surface area contributed by atoms with Crippen LogP contribution in [-0.4, -0.2) is 29.3 Å². The number of aliphatic hydroxyl groups excluding tert-OH is 1. The number of carbonyl (C=O) groups is 1. The third-order valence-electron chi connectivity index (χ3n) is 1.90. The van der Waals surface area contributed by atoms with Crippen molar-refractivity contribution in [2.45, 2.75) is 45.0 Å². The summed E-state index contributed by atoms with van der Waals surface area (Å²) in [4.78, 5) is 10.5. The van der Waals surface area contributed by atoms with Gasteiger partial charge in [-0.3, -0.25) is 4.79 Å². The van der Waals surface area contributed by atoms with Gasteiger partial charge in [0.05, 0.1) is 12.1 Å². The second-order valence-corrected chi connectivity index (χ2v) is 2.96. The lowest BCUT2D eigenvalue weighted by Gasteiger charge is -2.22. The van der Waals surface area contributed by atoms with Gasteiger partial charge < -0.3 is 10.4 Å².